The van der Waals surface area contributed by atoms with Crippen molar-refractivity contribution in [3.8, 4) is 5.75 Å². The Labute approximate surface area is 206 Å². The number of anilines is 1. The summed E-state index contributed by atoms with van der Waals surface area (Å²) in [6, 6.07) is 13.3. The molecule has 0 fully saturated rings. The molecule has 3 rings (SSSR count). The van der Waals surface area contributed by atoms with E-state index in [9.17, 15) is 9.90 Å². The third kappa shape index (κ3) is 6.52. The number of hydrogen-bond acceptors (Lipinski definition) is 2. The Morgan fingerprint density at radius 3 is 2.18 bits per heavy atom. The van der Waals surface area contributed by atoms with Crippen molar-refractivity contribution in [1.29, 1.82) is 0 Å². The predicted molar refractivity (Wildman–Crippen MR) is 144 cm³/mol. The normalized spacial score (nSPS) is 16.7. The van der Waals surface area contributed by atoms with Gasteiger partial charge in [-0.25, -0.2) is 0 Å². The van der Waals surface area contributed by atoms with Crippen LogP contribution in [0.1, 0.15) is 109 Å². The summed E-state index contributed by atoms with van der Waals surface area (Å²) in [7, 11) is 0. The summed E-state index contributed by atoms with van der Waals surface area (Å²) in [5, 5.41) is 12.6. The number of carbonyl (C=O) groups is 1. The molecule has 34 heavy (non-hydrogen) atoms. The maximum absolute atomic E-state index is 13.4. The molecule has 184 valence electrons. The van der Waals surface area contributed by atoms with E-state index in [1.165, 1.54) is 49.7 Å². The largest absolute Gasteiger partial charge is 0.508 e. The van der Waals surface area contributed by atoms with E-state index < -0.39 is 0 Å². The van der Waals surface area contributed by atoms with E-state index >= 15 is 0 Å². The molecule has 1 aliphatic rings. The van der Waals surface area contributed by atoms with Crippen molar-refractivity contribution in [2.75, 3.05) is 5.32 Å². The number of amides is 1. The van der Waals surface area contributed by atoms with E-state index in [4.69, 9.17) is 0 Å². The zero-order chi connectivity index (χ0) is 24.8. The molecule has 0 aliphatic heterocycles. The smallest absolute Gasteiger partial charge is 0.255 e. The Bertz CT molecular complexity index is 999. The van der Waals surface area contributed by atoms with Gasteiger partial charge in [-0.2, -0.15) is 0 Å². The zero-order valence-corrected chi connectivity index (χ0v) is 21.8. The second-order valence-corrected chi connectivity index (χ2v) is 11.2. The van der Waals surface area contributed by atoms with Gasteiger partial charge in [0.05, 0.1) is 0 Å². The van der Waals surface area contributed by atoms with Gasteiger partial charge in [-0.1, -0.05) is 91.0 Å². The van der Waals surface area contributed by atoms with E-state index in [-0.39, 0.29) is 22.5 Å². The van der Waals surface area contributed by atoms with Gasteiger partial charge < -0.3 is 10.4 Å². The van der Waals surface area contributed by atoms with Crippen molar-refractivity contribution in [2.24, 2.45) is 0 Å². The van der Waals surface area contributed by atoms with E-state index in [1.807, 2.05) is 0 Å². The number of hydrogen-bond donors (Lipinski definition) is 2. The minimum absolute atomic E-state index is 0.0931. The van der Waals surface area contributed by atoms with Gasteiger partial charge in [-0.3, -0.25) is 4.79 Å². The van der Waals surface area contributed by atoms with Crippen LogP contribution in [0.2, 0.25) is 0 Å². The lowest BCUT2D eigenvalue weighted by atomic mass is 9.63. The van der Waals surface area contributed by atoms with Crippen molar-refractivity contribution in [3.63, 3.8) is 0 Å². The fourth-order valence-corrected chi connectivity index (χ4v) is 5.01. The lowest BCUT2D eigenvalue weighted by molar-refractivity contribution is -0.111. The third-order valence-electron chi connectivity index (χ3n) is 7.44. The summed E-state index contributed by atoms with van der Waals surface area (Å²) < 4.78 is 0. The molecule has 0 aromatic heterocycles. The average molecular weight is 462 g/mol. The first-order chi connectivity index (χ1) is 16.1. The lowest BCUT2D eigenvalue weighted by Gasteiger charge is -2.42. The highest BCUT2D eigenvalue weighted by molar-refractivity contribution is 6.25. The summed E-state index contributed by atoms with van der Waals surface area (Å²) in [5.74, 6) is 0.0980. The van der Waals surface area contributed by atoms with Gasteiger partial charge in [0.15, 0.2) is 0 Å². The zero-order valence-electron chi connectivity index (χ0n) is 21.8. The van der Waals surface area contributed by atoms with E-state index in [0.29, 0.717) is 5.69 Å². The summed E-state index contributed by atoms with van der Waals surface area (Å²) in [4.78, 5) is 13.4. The van der Waals surface area contributed by atoms with Crippen LogP contribution in [0.4, 0.5) is 5.69 Å². The first kappa shape index (κ1) is 26.1. The molecule has 2 aromatic carbocycles. The van der Waals surface area contributed by atoms with Gasteiger partial charge in [0, 0.05) is 11.3 Å². The Morgan fingerprint density at radius 1 is 0.882 bits per heavy atom. The molecule has 0 unspecified atom stereocenters. The van der Waals surface area contributed by atoms with Crippen LogP contribution in [0.5, 0.6) is 5.75 Å². The molecule has 2 N–H and O–H groups in total. The summed E-state index contributed by atoms with van der Waals surface area (Å²) in [6.07, 6.45) is 12.8. The Kier molecular flexibility index (Phi) is 8.62. The number of fused-ring (bicyclic) bond motifs is 1. The molecule has 1 amide bonds. The highest BCUT2D eigenvalue weighted by Crippen LogP contribution is 2.46. The van der Waals surface area contributed by atoms with Gasteiger partial charge in [0.1, 0.15) is 5.75 Å². The molecule has 0 bridgehead atoms. The molecule has 0 radical (unpaired) electrons. The maximum Gasteiger partial charge on any atom is 0.255 e. The van der Waals surface area contributed by atoms with Crippen LogP contribution in [0.25, 0.3) is 5.57 Å². The van der Waals surface area contributed by atoms with Crippen LogP contribution < -0.4 is 5.32 Å². The van der Waals surface area contributed by atoms with Crippen molar-refractivity contribution >= 4 is 17.2 Å². The molecule has 0 spiro atoms. The second kappa shape index (κ2) is 11.3. The van der Waals surface area contributed by atoms with Crippen LogP contribution in [0.15, 0.2) is 48.5 Å². The number of benzene rings is 2. The van der Waals surface area contributed by atoms with Crippen LogP contribution in [0.3, 0.4) is 0 Å². The molecule has 2 aromatic rings. The molecular weight excluding hydrogens is 418 g/mol. The van der Waals surface area contributed by atoms with E-state index in [2.05, 4.69) is 64.2 Å². The van der Waals surface area contributed by atoms with Gasteiger partial charge in [0.2, 0.25) is 0 Å². The number of aromatic hydroxyl groups is 1. The van der Waals surface area contributed by atoms with Crippen LogP contribution in [-0.2, 0) is 15.6 Å². The number of nitrogens with one attached hydrogen (secondary N) is 1. The minimum atomic E-state index is -0.0931. The van der Waals surface area contributed by atoms with Crippen molar-refractivity contribution in [3.05, 3.63) is 65.2 Å². The average Bonchev–Trinajstić information content (AvgIpc) is 2.80. The molecule has 0 saturated heterocycles. The number of phenols is 1. The van der Waals surface area contributed by atoms with Crippen molar-refractivity contribution < 1.29 is 9.90 Å². The fraction of sp³-hybridized carbons (Fsp3) is 0.516. The third-order valence-corrected chi connectivity index (χ3v) is 7.44. The minimum Gasteiger partial charge on any atom is -0.508 e. The standard InChI is InChI=1S/C31H43NO2/c1-6-7-8-9-10-11-12-13-26(29(34)32-24-15-17-25(33)18-16-24)23-14-19-27-28(22-23)31(4,5)21-20-30(27,2)3/h13-19,22,33H,6-12,20-21H2,1-5H3,(H,32,34). The van der Waals surface area contributed by atoms with Crippen molar-refractivity contribution in [1.82, 2.24) is 0 Å². The number of phenolic OH excluding ortho intramolecular Hbond substituents is 1. The first-order valence-electron chi connectivity index (χ1n) is 13.1. The quantitative estimate of drug-likeness (QED) is 0.212. The molecule has 0 saturated carbocycles. The first-order valence-corrected chi connectivity index (χ1v) is 13.1. The van der Waals surface area contributed by atoms with E-state index in [1.54, 1.807) is 24.3 Å². The number of rotatable bonds is 10. The predicted octanol–water partition coefficient (Wildman–Crippen LogP) is 8.51. The molecule has 1 aliphatic carbocycles. The van der Waals surface area contributed by atoms with E-state index in [0.717, 1.165) is 30.4 Å². The van der Waals surface area contributed by atoms with Gasteiger partial charge in [-0.15, -0.1) is 0 Å². The molecule has 3 heteroatoms. The number of carbonyl (C=O) groups excluding carboxylic acids is 1. The Morgan fingerprint density at radius 2 is 1.50 bits per heavy atom. The lowest BCUT2D eigenvalue weighted by Crippen LogP contribution is -2.34. The highest BCUT2D eigenvalue weighted by Gasteiger charge is 2.37. The second-order valence-electron chi connectivity index (χ2n) is 11.2. The van der Waals surface area contributed by atoms with Gasteiger partial charge >= 0.3 is 0 Å². The summed E-state index contributed by atoms with van der Waals surface area (Å²) in [6.45, 7) is 11.5. The molecule has 0 atom stereocenters. The Balaban J connectivity index is 1.87. The summed E-state index contributed by atoms with van der Waals surface area (Å²) >= 11 is 0. The van der Waals surface area contributed by atoms with Gasteiger partial charge in [0.25, 0.3) is 5.91 Å². The van der Waals surface area contributed by atoms with Crippen LogP contribution >= 0.6 is 0 Å². The molecular formula is C31H43NO2. The topological polar surface area (TPSA) is 49.3 Å². The fourth-order valence-electron chi connectivity index (χ4n) is 5.01. The number of allylic oxidation sites excluding steroid dienone is 1. The van der Waals surface area contributed by atoms with Crippen LogP contribution in [-0.4, -0.2) is 11.0 Å². The summed E-state index contributed by atoms with van der Waals surface area (Å²) in [5.41, 5.74) is 5.44. The van der Waals surface area contributed by atoms with Crippen LogP contribution in [0, 0.1) is 0 Å². The molecule has 3 nitrogen and oxygen atoms in total. The highest BCUT2D eigenvalue weighted by atomic mass is 16.3. The van der Waals surface area contributed by atoms with Crippen molar-refractivity contribution in [2.45, 2.75) is 103 Å². The molecule has 0 heterocycles. The SMILES string of the molecule is CCCCCCCCC=C(C(=O)Nc1ccc(O)cc1)c1ccc2c(c1)C(C)(C)CCC2(C)C. The monoisotopic (exact) mass is 461 g/mol. The maximum atomic E-state index is 13.4. The van der Waals surface area contributed by atoms with Gasteiger partial charge in [-0.05, 0) is 77.5 Å². The Hall–Kier alpha value is -2.55. The number of unbranched alkanes of at least 4 members (excludes halogenated alkanes) is 6.